The van der Waals surface area contributed by atoms with Gasteiger partial charge in [0.2, 0.25) is 0 Å². The van der Waals surface area contributed by atoms with Gasteiger partial charge in [0, 0.05) is 24.2 Å². The van der Waals surface area contributed by atoms with Crippen LogP contribution in [-0.2, 0) is 6.42 Å². The number of anilines is 1. The van der Waals surface area contributed by atoms with E-state index in [-0.39, 0.29) is 17.8 Å². The van der Waals surface area contributed by atoms with E-state index in [9.17, 15) is 9.18 Å². The quantitative estimate of drug-likeness (QED) is 0.668. The number of aromatic nitrogens is 3. The molecule has 0 unspecified atom stereocenters. The summed E-state index contributed by atoms with van der Waals surface area (Å²) in [7, 11) is 0. The molecule has 1 fully saturated rings. The van der Waals surface area contributed by atoms with Crippen molar-refractivity contribution in [1.82, 2.24) is 14.8 Å². The van der Waals surface area contributed by atoms with E-state index in [0.29, 0.717) is 23.7 Å². The Morgan fingerprint density at radius 2 is 2.11 bits per heavy atom. The highest BCUT2D eigenvalue weighted by Crippen LogP contribution is 2.41. The van der Waals surface area contributed by atoms with Crippen molar-refractivity contribution in [2.24, 2.45) is 0 Å². The average molecular weight is 378 g/mol. The molecule has 1 saturated carbocycles. The van der Waals surface area contributed by atoms with Crippen LogP contribution in [0, 0.1) is 5.82 Å². The highest BCUT2D eigenvalue weighted by Gasteiger charge is 2.31. The van der Waals surface area contributed by atoms with Gasteiger partial charge in [-0.3, -0.25) is 4.79 Å². The van der Waals surface area contributed by atoms with Crippen LogP contribution in [-0.4, -0.2) is 27.2 Å². The molecular formula is C22H23FN4O. The summed E-state index contributed by atoms with van der Waals surface area (Å²) in [6.45, 7) is 4.62. The Bertz CT molecular complexity index is 1080. The molecule has 6 heteroatoms. The summed E-state index contributed by atoms with van der Waals surface area (Å²) in [5, 5.41) is 5.22. The predicted octanol–water partition coefficient (Wildman–Crippen LogP) is 4.62. The second-order valence-corrected chi connectivity index (χ2v) is 8.10. The minimum atomic E-state index is -0.337. The summed E-state index contributed by atoms with van der Waals surface area (Å²) in [6, 6.07) is 7.11. The van der Waals surface area contributed by atoms with Gasteiger partial charge in [0.15, 0.2) is 5.65 Å². The molecule has 0 atom stereocenters. The largest absolute Gasteiger partial charge is 0.305 e. The van der Waals surface area contributed by atoms with Crippen LogP contribution in [0.1, 0.15) is 66.7 Å². The van der Waals surface area contributed by atoms with Crippen LogP contribution in [0.25, 0.3) is 11.0 Å². The molecule has 1 amide bonds. The topological polar surface area (TPSA) is 51.0 Å². The number of benzene rings is 1. The van der Waals surface area contributed by atoms with E-state index in [4.69, 9.17) is 4.98 Å². The minimum absolute atomic E-state index is 0.149. The molecule has 28 heavy (non-hydrogen) atoms. The van der Waals surface area contributed by atoms with Gasteiger partial charge in [-0.2, -0.15) is 5.10 Å². The number of para-hydroxylation sites is 1. The van der Waals surface area contributed by atoms with Crippen molar-refractivity contribution < 1.29 is 9.18 Å². The van der Waals surface area contributed by atoms with Crippen LogP contribution in [0.3, 0.4) is 0 Å². The summed E-state index contributed by atoms with van der Waals surface area (Å²) >= 11 is 0. The Balaban J connectivity index is 1.67. The minimum Gasteiger partial charge on any atom is -0.305 e. The third-order valence-electron chi connectivity index (χ3n) is 5.71. The number of hydrogen-bond donors (Lipinski definition) is 0. The van der Waals surface area contributed by atoms with Gasteiger partial charge in [-0.05, 0) is 57.2 Å². The normalized spacial score (nSPS) is 16.6. The van der Waals surface area contributed by atoms with Crippen molar-refractivity contribution in [3.05, 3.63) is 53.1 Å². The zero-order chi connectivity index (χ0) is 19.4. The van der Waals surface area contributed by atoms with E-state index in [1.807, 2.05) is 16.8 Å². The number of amides is 1. The molecule has 1 aliphatic heterocycles. The van der Waals surface area contributed by atoms with Crippen LogP contribution >= 0.6 is 0 Å². The molecule has 1 aliphatic carbocycles. The summed E-state index contributed by atoms with van der Waals surface area (Å²) < 4.78 is 16.5. The maximum Gasteiger partial charge on any atom is 0.259 e. The van der Waals surface area contributed by atoms with Crippen LogP contribution in [0.4, 0.5) is 10.1 Å². The van der Waals surface area contributed by atoms with E-state index >= 15 is 0 Å². The summed E-state index contributed by atoms with van der Waals surface area (Å²) in [6.07, 6.45) is 5.54. The van der Waals surface area contributed by atoms with Crippen molar-refractivity contribution >= 4 is 22.6 Å². The lowest BCUT2D eigenvalue weighted by atomic mass is 9.99. The van der Waals surface area contributed by atoms with Crippen molar-refractivity contribution in [2.75, 3.05) is 11.4 Å². The monoisotopic (exact) mass is 378 g/mol. The fourth-order valence-electron chi connectivity index (χ4n) is 4.13. The SMILES string of the molecule is CC(C)n1ncc2c(C(=O)N3CCCc4cccc(F)c43)cc(C3CC3)nc21. The summed E-state index contributed by atoms with van der Waals surface area (Å²) in [4.78, 5) is 20.0. The molecule has 0 N–H and O–H groups in total. The van der Waals surface area contributed by atoms with Gasteiger partial charge in [0.05, 0.1) is 22.8 Å². The van der Waals surface area contributed by atoms with Crippen molar-refractivity contribution in [2.45, 2.75) is 51.5 Å². The Kier molecular flexibility index (Phi) is 3.96. The van der Waals surface area contributed by atoms with Gasteiger partial charge in [0.1, 0.15) is 5.82 Å². The van der Waals surface area contributed by atoms with Crippen LogP contribution in [0.5, 0.6) is 0 Å². The Hall–Kier alpha value is -2.76. The number of aryl methyl sites for hydroxylation is 1. The number of carbonyl (C=O) groups is 1. The number of pyridine rings is 1. The molecule has 3 aromatic rings. The zero-order valence-corrected chi connectivity index (χ0v) is 16.2. The Morgan fingerprint density at radius 3 is 2.86 bits per heavy atom. The number of rotatable bonds is 3. The number of fused-ring (bicyclic) bond motifs is 2. The number of halogens is 1. The lowest BCUT2D eigenvalue weighted by Crippen LogP contribution is -2.36. The van der Waals surface area contributed by atoms with Crippen LogP contribution in [0.15, 0.2) is 30.5 Å². The molecule has 2 aromatic heterocycles. The number of hydrogen-bond acceptors (Lipinski definition) is 3. The first-order valence-corrected chi connectivity index (χ1v) is 10.0. The fourth-order valence-corrected chi connectivity index (χ4v) is 4.13. The van der Waals surface area contributed by atoms with Gasteiger partial charge in [-0.15, -0.1) is 0 Å². The second-order valence-electron chi connectivity index (χ2n) is 8.10. The molecule has 0 bridgehead atoms. The van der Waals surface area contributed by atoms with Gasteiger partial charge in [-0.1, -0.05) is 12.1 Å². The third-order valence-corrected chi connectivity index (χ3v) is 5.71. The molecule has 3 heterocycles. The molecule has 0 saturated heterocycles. The van der Waals surface area contributed by atoms with Gasteiger partial charge in [0.25, 0.3) is 5.91 Å². The van der Waals surface area contributed by atoms with Gasteiger partial charge >= 0.3 is 0 Å². The molecule has 144 valence electrons. The summed E-state index contributed by atoms with van der Waals surface area (Å²) in [5.74, 6) is -0.0864. The Labute approximate surface area is 163 Å². The maximum absolute atomic E-state index is 14.6. The molecular weight excluding hydrogens is 355 g/mol. The maximum atomic E-state index is 14.6. The highest BCUT2D eigenvalue weighted by molar-refractivity contribution is 6.13. The molecule has 5 rings (SSSR count). The van der Waals surface area contributed by atoms with E-state index in [2.05, 4.69) is 18.9 Å². The van der Waals surface area contributed by atoms with Crippen molar-refractivity contribution in [3.63, 3.8) is 0 Å². The first-order chi connectivity index (χ1) is 13.5. The lowest BCUT2D eigenvalue weighted by Gasteiger charge is -2.30. The first kappa shape index (κ1) is 17.3. The highest BCUT2D eigenvalue weighted by atomic mass is 19.1. The number of nitrogens with zero attached hydrogens (tertiary/aromatic N) is 4. The number of carbonyl (C=O) groups excluding carboxylic acids is 1. The molecule has 5 nitrogen and oxygen atoms in total. The average Bonchev–Trinajstić information content (AvgIpc) is 3.45. The fraction of sp³-hybridized carbons (Fsp3) is 0.409. The van der Waals surface area contributed by atoms with Crippen LogP contribution < -0.4 is 4.90 Å². The van der Waals surface area contributed by atoms with Crippen LogP contribution in [0.2, 0.25) is 0 Å². The van der Waals surface area contributed by atoms with E-state index in [0.717, 1.165) is 48.0 Å². The molecule has 0 spiro atoms. The zero-order valence-electron chi connectivity index (χ0n) is 16.2. The lowest BCUT2D eigenvalue weighted by molar-refractivity contribution is 0.0985. The predicted molar refractivity (Wildman–Crippen MR) is 106 cm³/mol. The van der Waals surface area contributed by atoms with Gasteiger partial charge < -0.3 is 4.90 Å². The van der Waals surface area contributed by atoms with Gasteiger partial charge in [-0.25, -0.2) is 14.1 Å². The molecule has 0 radical (unpaired) electrons. The Morgan fingerprint density at radius 1 is 1.29 bits per heavy atom. The second kappa shape index (κ2) is 6.40. The van der Waals surface area contributed by atoms with Crippen molar-refractivity contribution in [1.29, 1.82) is 0 Å². The standard InChI is InChI=1S/C22H23FN4O/c1-13(2)27-21-17(12-24-27)16(11-19(25-21)14-8-9-14)22(28)26-10-4-6-15-5-3-7-18(23)20(15)26/h3,5,7,11-14H,4,6,8-10H2,1-2H3. The third kappa shape index (κ3) is 2.70. The van der Waals surface area contributed by atoms with E-state index in [1.165, 1.54) is 6.07 Å². The van der Waals surface area contributed by atoms with Crippen molar-refractivity contribution in [3.8, 4) is 0 Å². The summed E-state index contributed by atoms with van der Waals surface area (Å²) in [5.41, 5.74) is 3.59. The van der Waals surface area contributed by atoms with E-state index < -0.39 is 0 Å². The smallest absolute Gasteiger partial charge is 0.259 e. The first-order valence-electron chi connectivity index (χ1n) is 10.0. The molecule has 1 aromatic carbocycles. The van der Waals surface area contributed by atoms with E-state index in [1.54, 1.807) is 17.2 Å². The molecule has 2 aliphatic rings.